The summed E-state index contributed by atoms with van der Waals surface area (Å²) in [6, 6.07) is 19.3. The van der Waals surface area contributed by atoms with Crippen molar-refractivity contribution in [2.24, 2.45) is 0 Å². The highest BCUT2D eigenvalue weighted by Crippen LogP contribution is 2.23. The molecule has 32 heavy (non-hydrogen) atoms. The van der Waals surface area contributed by atoms with Gasteiger partial charge in [0.15, 0.2) is 0 Å². The Morgan fingerprint density at radius 3 is 2.22 bits per heavy atom. The van der Waals surface area contributed by atoms with Gasteiger partial charge < -0.3 is 10.1 Å². The zero-order valence-electron chi connectivity index (χ0n) is 18.1. The molecular weight excluding hydrogens is 431 g/mol. The van der Waals surface area contributed by atoms with Crippen molar-refractivity contribution in [3.05, 3.63) is 95.3 Å². The van der Waals surface area contributed by atoms with Crippen LogP contribution in [-0.4, -0.2) is 27.7 Å². The Bertz CT molecular complexity index is 1180. The molecule has 3 rings (SSSR count). The molecule has 1 amide bonds. The summed E-state index contributed by atoms with van der Waals surface area (Å²) in [7, 11) is -2.08. The van der Waals surface area contributed by atoms with Crippen LogP contribution < -0.4 is 14.4 Å². The lowest BCUT2D eigenvalue weighted by Gasteiger charge is -2.23. The Hall–Kier alpha value is -3.39. The molecule has 0 fully saturated rings. The van der Waals surface area contributed by atoms with E-state index in [0.717, 1.165) is 21.9 Å². The highest BCUT2D eigenvalue weighted by atomic mass is 32.2. The molecule has 0 radical (unpaired) electrons. The fourth-order valence-electron chi connectivity index (χ4n) is 3.22. The van der Waals surface area contributed by atoms with Crippen LogP contribution in [0.15, 0.2) is 72.8 Å². The maximum atomic E-state index is 14.0. The summed E-state index contributed by atoms with van der Waals surface area (Å²) < 4.78 is 45.0. The second-order valence-corrected chi connectivity index (χ2v) is 9.28. The van der Waals surface area contributed by atoms with Crippen molar-refractivity contribution in [1.29, 1.82) is 0 Å². The number of halogens is 1. The second-order valence-electron chi connectivity index (χ2n) is 7.38. The summed E-state index contributed by atoms with van der Waals surface area (Å²) in [4.78, 5) is 12.6. The summed E-state index contributed by atoms with van der Waals surface area (Å²) in [5.41, 5.74) is 1.90. The second kappa shape index (κ2) is 9.82. The number of ether oxygens (including phenoxy) is 1. The molecule has 168 valence electrons. The van der Waals surface area contributed by atoms with E-state index in [1.165, 1.54) is 24.3 Å². The van der Waals surface area contributed by atoms with Gasteiger partial charge in [-0.1, -0.05) is 30.3 Å². The summed E-state index contributed by atoms with van der Waals surface area (Å²) in [6.45, 7) is 1.72. The predicted octanol–water partition coefficient (Wildman–Crippen LogP) is 4.29. The molecule has 0 bridgehead atoms. The molecule has 0 aliphatic heterocycles. The monoisotopic (exact) mass is 456 g/mol. The van der Waals surface area contributed by atoms with Crippen LogP contribution in [0.2, 0.25) is 0 Å². The van der Waals surface area contributed by atoms with Crippen molar-refractivity contribution >= 4 is 21.6 Å². The number of carbonyl (C=O) groups is 1. The number of hydrogen-bond acceptors (Lipinski definition) is 4. The average Bonchev–Trinajstić information content (AvgIpc) is 2.78. The van der Waals surface area contributed by atoms with Gasteiger partial charge in [0.2, 0.25) is 10.0 Å². The number of anilines is 1. The van der Waals surface area contributed by atoms with Gasteiger partial charge in [-0.05, 0) is 55.0 Å². The smallest absolute Gasteiger partial charge is 0.251 e. The molecule has 6 nitrogen and oxygen atoms in total. The van der Waals surface area contributed by atoms with Crippen LogP contribution in [0.1, 0.15) is 34.5 Å². The Labute approximate surface area is 187 Å². The van der Waals surface area contributed by atoms with E-state index < -0.39 is 15.8 Å². The molecular formula is C24H25FN2O4S. The Kier molecular flexibility index (Phi) is 7.15. The van der Waals surface area contributed by atoms with Crippen molar-refractivity contribution in [3.63, 3.8) is 0 Å². The molecule has 3 aromatic rings. The molecule has 8 heteroatoms. The van der Waals surface area contributed by atoms with Crippen LogP contribution in [0.3, 0.4) is 0 Å². The van der Waals surface area contributed by atoms with Gasteiger partial charge in [0.25, 0.3) is 5.91 Å². The maximum Gasteiger partial charge on any atom is 0.251 e. The third-order valence-electron chi connectivity index (χ3n) is 5.05. The van der Waals surface area contributed by atoms with Crippen LogP contribution in [0.25, 0.3) is 0 Å². The zero-order valence-corrected chi connectivity index (χ0v) is 18.9. The number of amides is 1. The Morgan fingerprint density at radius 2 is 1.66 bits per heavy atom. The average molecular weight is 457 g/mol. The SMILES string of the molecule is COc1ccc([C@@H](C)NC(=O)c2ccc(N(Cc3ccccc3F)S(C)(=O)=O)cc2)cc1. The van der Waals surface area contributed by atoms with Crippen molar-refractivity contribution < 1.29 is 22.3 Å². The van der Waals surface area contributed by atoms with E-state index in [2.05, 4.69) is 5.32 Å². The lowest BCUT2D eigenvalue weighted by molar-refractivity contribution is 0.0940. The Balaban J connectivity index is 1.75. The minimum atomic E-state index is -3.67. The predicted molar refractivity (Wildman–Crippen MR) is 123 cm³/mol. The number of nitrogens with one attached hydrogen (secondary N) is 1. The van der Waals surface area contributed by atoms with E-state index >= 15 is 0 Å². The van der Waals surface area contributed by atoms with Crippen molar-refractivity contribution in [3.8, 4) is 5.75 Å². The molecule has 0 saturated heterocycles. The lowest BCUT2D eigenvalue weighted by atomic mass is 10.1. The number of nitrogens with zero attached hydrogens (tertiary/aromatic N) is 1. The minimum Gasteiger partial charge on any atom is -0.497 e. The molecule has 0 spiro atoms. The van der Waals surface area contributed by atoms with E-state index in [1.54, 1.807) is 31.4 Å². The molecule has 0 unspecified atom stereocenters. The molecule has 0 aliphatic rings. The van der Waals surface area contributed by atoms with Gasteiger partial charge in [0.05, 0.1) is 31.6 Å². The first-order chi connectivity index (χ1) is 15.2. The van der Waals surface area contributed by atoms with Crippen LogP contribution >= 0.6 is 0 Å². The van der Waals surface area contributed by atoms with Gasteiger partial charge in [-0.2, -0.15) is 0 Å². The highest BCUT2D eigenvalue weighted by molar-refractivity contribution is 7.92. The van der Waals surface area contributed by atoms with Gasteiger partial charge in [0, 0.05) is 11.1 Å². The topological polar surface area (TPSA) is 75.7 Å². The third kappa shape index (κ3) is 5.64. The molecule has 0 aromatic heterocycles. The number of sulfonamides is 1. The molecule has 1 N–H and O–H groups in total. The van der Waals surface area contributed by atoms with Crippen LogP contribution in [0.4, 0.5) is 10.1 Å². The highest BCUT2D eigenvalue weighted by Gasteiger charge is 2.20. The van der Waals surface area contributed by atoms with Gasteiger partial charge >= 0.3 is 0 Å². The van der Waals surface area contributed by atoms with Gasteiger partial charge in [-0.25, -0.2) is 12.8 Å². The zero-order chi connectivity index (χ0) is 23.3. The Morgan fingerprint density at radius 1 is 1.03 bits per heavy atom. The van der Waals surface area contributed by atoms with Crippen molar-refractivity contribution in [1.82, 2.24) is 5.32 Å². The minimum absolute atomic E-state index is 0.147. The molecule has 0 aliphatic carbocycles. The summed E-state index contributed by atoms with van der Waals surface area (Å²) >= 11 is 0. The van der Waals surface area contributed by atoms with Crippen LogP contribution in [0.5, 0.6) is 5.75 Å². The number of benzene rings is 3. The standard InChI is InChI=1S/C24H25FN2O4S/c1-17(18-10-14-22(31-2)15-11-18)26-24(28)19-8-12-21(13-9-19)27(32(3,29)30)16-20-6-4-5-7-23(20)25/h4-15,17H,16H2,1-3H3,(H,26,28)/t17-/m1/s1. The van der Waals surface area contributed by atoms with E-state index in [4.69, 9.17) is 4.74 Å². The molecule has 0 saturated carbocycles. The first-order valence-corrected chi connectivity index (χ1v) is 11.8. The summed E-state index contributed by atoms with van der Waals surface area (Å²) in [5, 5.41) is 2.91. The van der Waals surface area contributed by atoms with Crippen molar-refractivity contribution in [2.75, 3.05) is 17.7 Å². The fraction of sp³-hybridized carbons (Fsp3) is 0.208. The summed E-state index contributed by atoms with van der Waals surface area (Å²) in [6.07, 6.45) is 1.06. The first kappa shape index (κ1) is 23.3. The van der Waals surface area contributed by atoms with Gasteiger partial charge in [-0.3, -0.25) is 9.10 Å². The number of rotatable bonds is 8. The lowest BCUT2D eigenvalue weighted by Crippen LogP contribution is -2.30. The van der Waals surface area contributed by atoms with Crippen LogP contribution in [-0.2, 0) is 16.6 Å². The van der Waals surface area contributed by atoms with E-state index in [0.29, 0.717) is 11.3 Å². The normalized spacial score (nSPS) is 12.1. The van der Waals surface area contributed by atoms with E-state index in [1.807, 2.05) is 31.2 Å². The van der Waals surface area contributed by atoms with Crippen molar-refractivity contribution in [2.45, 2.75) is 19.5 Å². The largest absolute Gasteiger partial charge is 0.497 e. The maximum absolute atomic E-state index is 14.0. The van der Waals surface area contributed by atoms with E-state index in [-0.39, 0.29) is 24.1 Å². The third-order valence-corrected chi connectivity index (χ3v) is 6.19. The number of carbonyl (C=O) groups excluding carboxylic acids is 1. The van der Waals surface area contributed by atoms with Gasteiger partial charge in [-0.15, -0.1) is 0 Å². The number of hydrogen-bond donors (Lipinski definition) is 1. The first-order valence-electron chi connectivity index (χ1n) is 9.95. The van der Waals surface area contributed by atoms with Crippen LogP contribution in [0, 0.1) is 5.82 Å². The fourth-order valence-corrected chi connectivity index (χ4v) is 4.09. The summed E-state index contributed by atoms with van der Waals surface area (Å²) in [5.74, 6) is -0.0433. The molecule has 1 atom stereocenters. The number of methoxy groups -OCH3 is 1. The quantitative estimate of drug-likeness (QED) is 0.549. The molecule has 0 heterocycles. The van der Waals surface area contributed by atoms with E-state index in [9.17, 15) is 17.6 Å². The van der Waals surface area contributed by atoms with Gasteiger partial charge in [0.1, 0.15) is 11.6 Å². The molecule has 3 aromatic carbocycles.